The molecule has 0 aliphatic carbocycles. The molecule has 1 aliphatic rings. The van der Waals surface area contributed by atoms with Gasteiger partial charge in [0.2, 0.25) is 0 Å². The first-order valence-corrected chi connectivity index (χ1v) is 15.4. The number of H-pyrrole nitrogens is 1. The molecule has 0 atom stereocenters. The number of benzene rings is 3. The summed E-state index contributed by atoms with van der Waals surface area (Å²) in [5, 5.41) is 1.11. The van der Waals surface area contributed by atoms with Crippen molar-refractivity contribution >= 4 is 34.7 Å². The molecule has 3 heteroatoms. The summed E-state index contributed by atoms with van der Waals surface area (Å²) in [7, 11) is 0. The van der Waals surface area contributed by atoms with Gasteiger partial charge in [-0.25, -0.2) is 0 Å². The molecule has 6 rings (SSSR count). The van der Waals surface area contributed by atoms with Gasteiger partial charge >= 0.3 is 0 Å². The molecule has 5 aromatic rings. The molecular formula is C42H40N2O. The smallest absolute Gasteiger partial charge is 0.155 e. The fraction of sp³-hybridized carbons (Fsp3) is 0.143. The lowest BCUT2D eigenvalue weighted by atomic mass is 9.72. The Balaban J connectivity index is 1.61. The highest BCUT2D eigenvalue weighted by molar-refractivity contribution is 5.99. The van der Waals surface area contributed by atoms with E-state index in [1.807, 2.05) is 37.3 Å². The Kier molecular flexibility index (Phi) is 7.72. The van der Waals surface area contributed by atoms with E-state index < -0.39 is 5.41 Å². The molecule has 224 valence electrons. The van der Waals surface area contributed by atoms with Crippen LogP contribution in [0.3, 0.4) is 0 Å². The largest absolute Gasteiger partial charge is 0.454 e. The monoisotopic (exact) mass is 588 g/mol. The van der Waals surface area contributed by atoms with Crippen molar-refractivity contribution in [2.45, 2.75) is 40.0 Å². The summed E-state index contributed by atoms with van der Waals surface area (Å²) < 4.78 is 9.23. The summed E-state index contributed by atoms with van der Waals surface area (Å²) in [6.07, 6.45) is 13.9. The van der Waals surface area contributed by atoms with Crippen LogP contribution in [0, 0.1) is 13.8 Å². The highest BCUT2D eigenvalue weighted by Crippen LogP contribution is 2.52. The SMILES string of the molecule is C=C/C=C\c1c(C)c(C)c(C2=C(C=C)Oc3c(ccc4c(/C=C\C)c(C=C)[nH]c34)C2(C)C)n1-c1ccc(-c2ccccc2)cc1. The molecule has 1 N–H and O–H groups in total. The van der Waals surface area contributed by atoms with Gasteiger partial charge in [-0.1, -0.05) is 112 Å². The number of rotatable bonds is 8. The molecule has 0 fully saturated rings. The van der Waals surface area contributed by atoms with Crippen LogP contribution in [0.4, 0.5) is 0 Å². The second-order valence-electron chi connectivity index (χ2n) is 12.0. The van der Waals surface area contributed by atoms with Crippen molar-refractivity contribution in [2.75, 3.05) is 0 Å². The fourth-order valence-corrected chi connectivity index (χ4v) is 6.73. The number of aromatic nitrogens is 2. The molecule has 0 radical (unpaired) electrons. The zero-order valence-corrected chi connectivity index (χ0v) is 26.9. The third kappa shape index (κ3) is 4.76. The maximum absolute atomic E-state index is 6.87. The Morgan fingerprint density at radius 3 is 2.18 bits per heavy atom. The van der Waals surface area contributed by atoms with Crippen LogP contribution >= 0.6 is 0 Å². The van der Waals surface area contributed by atoms with Crippen molar-refractivity contribution in [1.29, 1.82) is 0 Å². The summed E-state index contributed by atoms with van der Waals surface area (Å²) in [4.78, 5) is 3.59. The van der Waals surface area contributed by atoms with Crippen molar-refractivity contribution in [1.82, 2.24) is 9.55 Å². The van der Waals surface area contributed by atoms with Gasteiger partial charge in [0.25, 0.3) is 0 Å². The second-order valence-corrected chi connectivity index (χ2v) is 12.0. The van der Waals surface area contributed by atoms with E-state index in [0.717, 1.165) is 61.9 Å². The van der Waals surface area contributed by atoms with E-state index in [-0.39, 0.29) is 0 Å². The maximum Gasteiger partial charge on any atom is 0.155 e. The van der Waals surface area contributed by atoms with Gasteiger partial charge in [0.05, 0.1) is 11.2 Å². The van der Waals surface area contributed by atoms with Crippen LogP contribution in [0.15, 0.2) is 117 Å². The van der Waals surface area contributed by atoms with E-state index in [9.17, 15) is 0 Å². The average Bonchev–Trinajstić information content (AvgIpc) is 3.54. The minimum Gasteiger partial charge on any atom is -0.454 e. The molecule has 0 spiro atoms. The van der Waals surface area contributed by atoms with Gasteiger partial charge in [-0.05, 0) is 73.4 Å². The number of hydrogen-bond donors (Lipinski definition) is 1. The van der Waals surface area contributed by atoms with E-state index in [1.54, 1.807) is 0 Å². The van der Waals surface area contributed by atoms with Crippen LogP contribution in [-0.4, -0.2) is 9.55 Å². The second kappa shape index (κ2) is 11.7. The molecule has 3 aromatic carbocycles. The molecule has 0 bridgehead atoms. The highest BCUT2D eigenvalue weighted by atomic mass is 16.5. The fourth-order valence-electron chi connectivity index (χ4n) is 6.73. The minimum absolute atomic E-state index is 0.414. The molecule has 1 aliphatic heterocycles. The summed E-state index contributed by atoms with van der Waals surface area (Å²) in [5.41, 5.74) is 12.9. The zero-order valence-electron chi connectivity index (χ0n) is 26.9. The molecule has 0 amide bonds. The van der Waals surface area contributed by atoms with Crippen LogP contribution in [0.2, 0.25) is 0 Å². The van der Waals surface area contributed by atoms with E-state index in [0.29, 0.717) is 0 Å². The number of allylic oxidation sites excluding steroid dienone is 5. The summed E-state index contributed by atoms with van der Waals surface area (Å²) in [6.45, 7) is 23.2. The van der Waals surface area contributed by atoms with E-state index in [1.165, 1.54) is 22.3 Å². The lowest BCUT2D eigenvalue weighted by molar-refractivity contribution is 0.411. The highest BCUT2D eigenvalue weighted by Gasteiger charge is 2.40. The van der Waals surface area contributed by atoms with Crippen molar-refractivity contribution < 1.29 is 4.74 Å². The number of nitrogens with zero attached hydrogens (tertiary/aromatic N) is 1. The Bertz CT molecular complexity index is 2050. The third-order valence-electron chi connectivity index (χ3n) is 9.10. The number of nitrogens with one attached hydrogen (secondary N) is 1. The van der Waals surface area contributed by atoms with E-state index in [4.69, 9.17) is 4.74 Å². The molecule has 0 saturated carbocycles. The topological polar surface area (TPSA) is 29.9 Å². The molecule has 0 unspecified atom stereocenters. The van der Waals surface area contributed by atoms with Crippen LogP contribution in [-0.2, 0) is 5.41 Å². The quantitative estimate of drug-likeness (QED) is 0.180. The van der Waals surface area contributed by atoms with E-state index >= 15 is 0 Å². The van der Waals surface area contributed by atoms with Gasteiger partial charge in [0.15, 0.2) is 5.75 Å². The first-order chi connectivity index (χ1) is 21.8. The van der Waals surface area contributed by atoms with E-state index in [2.05, 4.69) is 136 Å². The maximum atomic E-state index is 6.87. The predicted molar refractivity (Wildman–Crippen MR) is 194 cm³/mol. The summed E-state index contributed by atoms with van der Waals surface area (Å²) >= 11 is 0. The molecule has 3 nitrogen and oxygen atoms in total. The van der Waals surface area contributed by atoms with Crippen LogP contribution in [0.5, 0.6) is 5.75 Å². The van der Waals surface area contributed by atoms with Gasteiger partial charge < -0.3 is 14.3 Å². The van der Waals surface area contributed by atoms with Crippen molar-refractivity contribution in [3.05, 3.63) is 156 Å². The average molecular weight is 589 g/mol. The normalized spacial score (nSPS) is 14.2. The van der Waals surface area contributed by atoms with Crippen LogP contribution in [0.25, 0.3) is 51.5 Å². The molecular weight excluding hydrogens is 548 g/mol. The van der Waals surface area contributed by atoms with Gasteiger partial charge in [0.1, 0.15) is 5.76 Å². The van der Waals surface area contributed by atoms with Crippen molar-refractivity contribution in [2.24, 2.45) is 0 Å². The Hall–Kier alpha value is -5.28. The molecule has 45 heavy (non-hydrogen) atoms. The summed E-state index contributed by atoms with van der Waals surface area (Å²) in [5.74, 6) is 1.59. The number of aromatic amines is 1. The lowest BCUT2D eigenvalue weighted by Gasteiger charge is -2.37. The molecule has 2 aromatic heterocycles. The first kappa shape index (κ1) is 29.8. The number of fused-ring (bicyclic) bond motifs is 3. The van der Waals surface area contributed by atoms with Gasteiger partial charge in [-0.15, -0.1) is 0 Å². The Morgan fingerprint density at radius 2 is 1.53 bits per heavy atom. The van der Waals surface area contributed by atoms with Crippen molar-refractivity contribution in [3.63, 3.8) is 0 Å². The van der Waals surface area contributed by atoms with Crippen LogP contribution < -0.4 is 4.74 Å². The lowest BCUT2D eigenvalue weighted by Crippen LogP contribution is -2.28. The summed E-state index contributed by atoms with van der Waals surface area (Å²) in [6, 6.07) is 23.7. The van der Waals surface area contributed by atoms with Crippen molar-refractivity contribution in [3.8, 4) is 22.6 Å². The predicted octanol–water partition coefficient (Wildman–Crippen LogP) is 11.4. The van der Waals surface area contributed by atoms with Crippen LogP contribution in [0.1, 0.15) is 60.1 Å². The van der Waals surface area contributed by atoms with Gasteiger partial charge in [-0.2, -0.15) is 0 Å². The number of hydrogen-bond acceptors (Lipinski definition) is 1. The minimum atomic E-state index is -0.414. The van der Waals surface area contributed by atoms with Gasteiger partial charge in [-0.3, -0.25) is 0 Å². The first-order valence-electron chi connectivity index (χ1n) is 15.4. The standard InChI is InChI=1S/C42H40N2O/c1-9-13-20-36-27(5)28(6)40(44(36)31-23-21-30(22-24-31)29-18-15-14-16-19-29)38-37(12-4)45-41-34(42(38,7)8)26-25-33-32(17-10-2)35(11-3)43-39(33)41/h9-26,43H,1,3-4H2,2,5-8H3/b17-10-,20-13-. The Morgan fingerprint density at radius 1 is 0.822 bits per heavy atom. The number of ether oxygens (including phenoxy) is 1. The molecule has 0 saturated heterocycles. The van der Waals surface area contributed by atoms with Gasteiger partial charge in [0, 0.05) is 44.6 Å². The third-order valence-corrected chi connectivity index (χ3v) is 9.10. The molecule has 3 heterocycles. The Labute approximate surface area is 266 Å². The zero-order chi connectivity index (χ0) is 31.9.